The number of allylic oxidation sites excluding steroid dienone is 2. The van der Waals surface area contributed by atoms with Crippen LogP contribution in [0.3, 0.4) is 0 Å². The smallest absolute Gasteiger partial charge is 0.226 e. The second kappa shape index (κ2) is 52.2. The molecule has 5 nitrogen and oxygen atoms in total. The van der Waals surface area contributed by atoms with Crippen LogP contribution in [0.4, 0.5) is 0 Å². The van der Waals surface area contributed by atoms with Gasteiger partial charge in [-0.05, 0) is 83.7 Å². The first-order valence-corrected chi connectivity index (χ1v) is 30.4. The summed E-state index contributed by atoms with van der Waals surface area (Å²) in [6.07, 6.45) is 60.6. The Morgan fingerprint density at radius 3 is 1.06 bits per heavy atom. The molecule has 67 heavy (non-hydrogen) atoms. The van der Waals surface area contributed by atoms with Crippen LogP contribution in [0.25, 0.3) is 0 Å². The standard InChI is InChI=1S/C62H121N3O2/c1-8-13-18-23-28-31-36-41-47-59(52-57-65(55-44-39-34-26-21-16-11-4)56-45-40-35-27-22-17-12-5)50-51-61(66)63(6)53-46-54-64(7)62(67)58-60(48-42-37-32-29-24-19-14-9-2)49-43-38-33-30-25-20-15-10-3/h47-48H,8-46,49-58H2,1-7H3/b59-47-,60-48-. The molecule has 2 amide bonds. The predicted molar refractivity (Wildman–Crippen MR) is 299 cm³/mol. The van der Waals surface area contributed by atoms with Crippen LogP contribution in [-0.2, 0) is 9.59 Å². The molecular weight excluding hydrogens is 819 g/mol. The molecule has 0 radical (unpaired) electrons. The molecule has 0 rings (SSSR count). The lowest BCUT2D eigenvalue weighted by Crippen LogP contribution is -2.33. The third kappa shape index (κ3) is 45.3. The first-order valence-electron chi connectivity index (χ1n) is 30.4. The summed E-state index contributed by atoms with van der Waals surface area (Å²) in [4.78, 5) is 33.8. The largest absolute Gasteiger partial charge is 0.346 e. The van der Waals surface area contributed by atoms with Gasteiger partial charge in [-0.3, -0.25) is 9.59 Å². The number of hydrogen-bond acceptors (Lipinski definition) is 3. The molecule has 0 spiro atoms. The SMILES string of the molecule is CCCCCCCCC/C=C(/CCC(=O)N(C)CCCN(C)C(=O)C/C(=C\CCCCCCCCC)CCCCCCCCCC)CCN(CCCCCCCCC)CCCCCCCCC. The highest BCUT2D eigenvalue weighted by atomic mass is 16.2. The van der Waals surface area contributed by atoms with E-state index in [-0.39, 0.29) is 11.8 Å². The van der Waals surface area contributed by atoms with E-state index in [9.17, 15) is 9.59 Å². The van der Waals surface area contributed by atoms with Crippen LogP contribution in [0, 0.1) is 0 Å². The van der Waals surface area contributed by atoms with E-state index < -0.39 is 0 Å². The van der Waals surface area contributed by atoms with E-state index in [1.54, 1.807) is 0 Å². The Bertz CT molecular complexity index is 1100. The number of rotatable bonds is 53. The Labute approximate surface area is 421 Å². The average molecular weight is 941 g/mol. The van der Waals surface area contributed by atoms with Crippen molar-refractivity contribution < 1.29 is 9.59 Å². The first kappa shape index (κ1) is 65.4. The molecule has 0 aliphatic carbocycles. The molecule has 5 heteroatoms. The molecule has 0 N–H and O–H groups in total. The van der Waals surface area contributed by atoms with Crippen LogP contribution < -0.4 is 0 Å². The maximum absolute atomic E-state index is 13.6. The minimum atomic E-state index is 0.239. The Morgan fingerprint density at radius 2 is 0.642 bits per heavy atom. The van der Waals surface area contributed by atoms with Crippen molar-refractivity contribution in [2.75, 3.05) is 46.8 Å². The third-order valence-electron chi connectivity index (χ3n) is 14.6. The Kier molecular flexibility index (Phi) is 50.9. The zero-order valence-corrected chi connectivity index (χ0v) is 47.0. The summed E-state index contributed by atoms with van der Waals surface area (Å²) < 4.78 is 0. The number of nitrogens with zero attached hydrogens (tertiary/aromatic N) is 3. The van der Waals surface area contributed by atoms with Gasteiger partial charge in [0.1, 0.15) is 0 Å². The molecule has 0 aromatic rings. The summed E-state index contributed by atoms with van der Waals surface area (Å²) >= 11 is 0. The number of carbonyl (C=O) groups is 2. The molecule has 0 aliphatic heterocycles. The van der Waals surface area contributed by atoms with E-state index in [1.165, 1.54) is 255 Å². The fourth-order valence-electron chi connectivity index (χ4n) is 9.70. The summed E-state index contributed by atoms with van der Waals surface area (Å²) in [5.41, 5.74) is 2.86. The van der Waals surface area contributed by atoms with Crippen molar-refractivity contribution in [2.24, 2.45) is 0 Å². The van der Waals surface area contributed by atoms with Crippen molar-refractivity contribution in [1.29, 1.82) is 0 Å². The lowest BCUT2D eigenvalue weighted by atomic mass is 9.99. The third-order valence-corrected chi connectivity index (χ3v) is 14.6. The molecule has 0 aliphatic rings. The van der Waals surface area contributed by atoms with Gasteiger partial charge in [-0.25, -0.2) is 0 Å². The normalized spacial score (nSPS) is 12.2. The molecule has 0 fully saturated rings. The molecule has 0 aromatic carbocycles. The summed E-state index contributed by atoms with van der Waals surface area (Å²) in [5.74, 6) is 0.489. The van der Waals surface area contributed by atoms with Gasteiger partial charge in [-0.15, -0.1) is 0 Å². The molecule has 0 heterocycles. The average Bonchev–Trinajstić information content (AvgIpc) is 3.33. The van der Waals surface area contributed by atoms with E-state index in [0.717, 1.165) is 45.1 Å². The molecule has 0 bridgehead atoms. The summed E-state index contributed by atoms with van der Waals surface area (Å²) in [6, 6.07) is 0. The van der Waals surface area contributed by atoms with Crippen molar-refractivity contribution in [2.45, 2.75) is 317 Å². The van der Waals surface area contributed by atoms with Crippen LogP contribution in [0.15, 0.2) is 23.3 Å². The second-order valence-electron chi connectivity index (χ2n) is 21.3. The predicted octanol–water partition coefficient (Wildman–Crippen LogP) is 19.3. The number of carbonyl (C=O) groups excluding carboxylic acids is 2. The molecular formula is C62H121N3O2. The van der Waals surface area contributed by atoms with Crippen molar-refractivity contribution in [3.05, 3.63) is 23.3 Å². The molecule has 396 valence electrons. The van der Waals surface area contributed by atoms with Gasteiger partial charge < -0.3 is 14.7 Å². The minimum Gasteiger partial charge on any atom is -0.346 e. The van der Waals surface area contributed by atoms with Gasteiger partial charge in [0.25, 0.3) is 0 Å². The van der Waals surface area contributed by atoms with E-state index in [2.05, 4.69) is 51.7 Å². The molecule has 0 unspecified atom stereocenters. The number of unbranched alkanes of at least 4 members (excludes halogenated alkanes) is 33. The Balaban J connectivity index is 5.28. The highest BCUT2D eigenvalue weighted by Crippen LogP contribution is 2.21. The van der Waals surface area contributed by atoms with Gasteiger partial charge >= 0.3 is 0 Å². The lowest BCUT2D eigenvalue weighted by Gasteiger charge is -2.24. The first-order chi connectivity index (χ1) is 32.8. The van der Waals surface area contributed by atoms with Crippen molar-refractivity contribution in [3.8, 4) is 0 Å². The van der Waals surface area contributed by atoms with Crippen LogP contribution in [0.2, 0.25) is 0 Å². The van der Waals surface area contributed by atoms with Gasteiger partial charge in [-0.2, -0.15) is 0 Å². The summed E-state index contributed by atoms with van der Waals surface area (Å²) in [7, 11) is 3.95. The van der Waals surface area contributed by atoms with Gasteiger partial charge in [0.05, 0.1) is 0 Å². The van der Waals surface area contributed by atoms with Crippen LogP contribution >= 0.6 is 0 Å². The summed E-state index contributed by atoms with van der Waals surface area (Å²) in [6.45, 7) is 16.5. The maximum atomic E-state index is 13.6. The van der Waals surface area contributed by atoms with Gasteiger partial charge in [0.15, 0.2) is 0 Å². The maximum Gasteiger partial charge on any atom is 0.226 e. The van der Waals surface area contributed by atoms with Crippen molar-refractivity contribution >= 4 is 11.8 Å². The number of amides is 2. The highest BCUT2D eigenvalue weighted by Gasteiger charge is 2.15. The van der Waals surface area contributed by atoms with Crippen LogP contribution in [0.5, 0.6) is 0 Å². The minimum absolute atomic E-state index is 0.239. The molecule has 0 atom stereocenters. The number of hydrogen-bond donors (Lipinski definition) is 0. The van der Waals surface area contributed by atoms with Crippen molar-refractivity contribution in [1.82, 2.24) is 14.7 Å². The second-order valence-corrected chi connectivity index (χ2v) is 21.3. The fourth-order valence-corrected chi connectivity index (χ4v) is 9.70. The van der Waals surface area contributed by atoms with E-state index in [0.29, 0.717) is 25.9 Å². The molecule has 0 saturated carbocycles. The summed E-state index contributed by atoms with van der Waals surface area (Å²) in [5, 5.41) is 0. The fraction of sp³-hybridized carbons (Fsp3) is 0.903. The van der Waals surface area contributed by atoms with Crippen LogP contribution in [-0.4, -0.2) is 73.3 Å². The molecule has 0 aromatic heterocycles. The van der Waals surface area contributed by atoms with Crippen molar-refractivity contribution in [3.63, 3.8) is 0 Å². The molecule has 0 saturated heterocycles. The Morgan fingerprint density at radius 1 is 0.299 bits per heavy atom. The quantitative estimate of drug-likeness (QED) is 0.0451. The monoisotopic (exact) mass is 940 g/mol. The zero-order valence-electron chi connectivity index (χ0n) is 47.0. The van der Waals surface area contributed by atoms with Crippen LogP contribution in [0.1, 0.15) is 317 Å². The zero-order chi connectivity index (χ0) is 49.1. The van der Waals surface area contributed by atoms with E-state index in [1.807, 2.05) is 23.9 Å². The van der Waals surface area contributed by atoms with E-state index in [4.69, 9.17) is 0 Å². The highest BCUT2D eigenvalue weighted by molar-refractivity contribution is 5.78. The van der Waals surface area contributed by atoms with Gasteiger partial charge in [0, 0.05) is 46.6 Å². The topological polar surface area (TPSA) is 43.9 Å². The lowest BCUT2D eigenvalue weighted by molar-refractivity contribution is -0.130. The van der Waals surface area contributed by atoms with E-state index >= 15 is 0 Å². The van der Waals surface area contributed by atoms with Gasteiger partial charge in [0.2, 0.25) is 11.8 Å². The Hall–Kier alpha value is -1.62. The van der Waals surface area contributed by atoms with Gasteiger partial charge in [-0.1, -0.05) is 257 Å².